The predicted octanol–water partition coefficient (Wildman–Crippen LogP) is 3.67. The third-order valence-electron chi connectivity index (χ3n) is 4.82. The number of nitrogens with zero attached hydrogens (tertiary/aromatic N) is 2. The van der Waals surface area contributed by atoms with Gasteiger partial charge in [0.05, 0.1) is 16.9 Å². The number of aliphatic hydroxyl groups excluding tert-OH is 1. The van der Waals surface area contributed by atoms with Crippen molar-refractivity contribution < 1.29 is 9.32 Å². The number of hydrogen-bond donors (Lipinski definition) is 2. The molecule has 1 saturated heterocycles. The third kappa shape index (κ3) is 3.90. The van der Waals surface area contributed by atoms with Gasteiger partial charge in [-0.3, -0.25) is 4.21 Å². The quantitative estimate of drug-likeness (QED) is 0.722. The van der Waals surface area contributed by atoms with Crippen LogP contribution >= 0.6 is 0 Å². The number of para-hydroxylation sites is 1. The number of nitriles is 1. The molecule has 2 aromatic carbocycles. The van der Waals surface area contributed by atoms with E-state index in [4.69, 9.17) is 5.26 Å². The molecule has 0 saturated carbocycles. The molecule has 140 valence electrons. The van der Waals surface area contributed by atoms with Gasteiger partial charge in [-0.05, 0) is 36.8 Å². The molecule has 0 amide bonds. The minimum Gasteiger partial charge on any atom is -0.391 e. The number of aromatic nitrogens is 1. The summed E-state index contributed by atoms with van der Waals surface area (Å²) in [5.74, 6) is 0.605. The molecule has 4 rings (SSSR count). The first-order valence-electron chi connectivity index (χ1n) is 8.95. The molecule has 5 nitrogen and oxygen atoms in total. The normalized spacial score (nSPS) is 17.5. The number of nitrogens with one attached hydrogen (secondary N) is 1. The van der Waals surface area contributed by atoms with Crippen LogP contribution in [-0.2, 0) is 10.8 Å². The van der Waals surface area contributed by atoms with Crippen molar-refractivity contribution in [2.45, 2.75) is 24.3 Å². The summed E-state index contributed by atoms with van der Waals surface area (Å²) >= 11 is 0. The van der Waals surface area contributed by atoms with Gasteiger partial charge in [-0.1, -0.05) is 25.1 Å². The molecule has 2 heterocycles. The number of β-amino-alcohol motifs (C(OH)–C–C–N with tert-alkyl or cyclic N) is 1. The predicted molar refractivity (Wildman–Crippen MR) is 110 cm³/mol. The number of fused-ring (bicyclic) bond motifs is 1. The molecular weight excluding hydrogens is 358 g/mol. The van der Waals surface area contributed by atoms with Crippen LogP contribution < -0.4 is 4.90 Å². The van der Waals surface area contributed by atoms with Crippen molar-refractivity contribution in [3.8, 4) is 17.8 Å². The first-order valence-corrected chi connectivity index (χ1v) is 10.3. The van der Waals surface area contributed by atoms with Gasteiger partial charge in [0.1, 0.15) is 0 Å². The summed E-state index contributed by atoms with van der Waals surface area (Å²) in [6.07, 6.45) is 0.509. The number of aromatic amines is 1. The van der Waals surface area contributed by atoms with Crippen LogP contribution in [-0.4, -0.2) is 39.2 Å². The summed E-state index contributed by atoms with van der Waals surface area (Å²) in [5, 5.41) is 17.6. The SMILES string of the molecule is C#N.CC[S@](=O)c1ccc(N2CCC(O)C2)c(-c2cc3ccccc3[nH]2)c1. The van der Waals surface area contributed by atoms with Gasteiger partial charge in [-0.15, -0.1) is 0 Å². The Labute approximate surface area is 161 Å². The number of anilines is 1. The maximum absolute atomic E-state index is 12.3. The van der Waals surface area contributed by atoms with E-state index in [0.717, 1.165) is 45.7 Å². The van der Waals surface area contributed by atoms with E-state index in [0.29, 0.717) is 12.3 Å². The number of H-pyrrole nitrogens is 1. The molecule has 1 aliphatic heterocycles. The Morgan fingerprint density at radius 3 is 2.70 bits per heavy atom. The number of hydrogen-bond acceptors (Lipinski definition) is 4. The highest BCUT2D eigenvalue weighted by atomic mass is 32.2. The zero-order chi connectivity index (χ0) is 19.4. The molecule has 6 heteroatoms. The first-order chi connectivity index (χ1) is 13.2. The minimum atomic E-state index is -0.991. The van der Waals surface area contributed by atoms with Crippen LogP contribution in [0, 0.1) is 11.8 Å². The Balaban J connectivity index is 0.00000102. The van der Waals surface area contributed by atoms with E-state index in [1.54, 1.807) is 0 Å². The van der Waals surface area contributed by atoms with Gasteiger partial charge in [-0.2, -0.15) is 0 Å². The summed E-state index contributed by atoms with van der Waals surface area (Å²) in [7, 11) is -0.991. The summed E-state index contributed by atoms with van der Waals surface area (Å²) in [4.78, 5) is 6.54. The molecule has 1 aliphatic rings. The highest BCUT2D eigenvalue weighted by molar-refractivity contribution is 7.85. The van der Waals surface area contributed by atoms with Gasteiger partial charge in [0.25, 0.3) is 0 Å². The fourth-order valence-corrected chi connectivity index (χ4v) is 4.30. The van der Waals surface area contributed by atoms with Crippen LogP contribution in [0.1, 0.15) is 13.3 Å². The molecule has 2 atom stereocenters. The largest absolute Gasteiger partial charge is 0.391 e. The molecule has 0 radical (unpaired) electrons. The fourth-order valence-electron chi connectivity index (χ4n) is 3.49. The van der Waals surface area contributed by atoms with E-state index in [1.807, 2.05) is 37.3 Å². The van der Waals surface area contributed by atoms with Gasteiger partial charge < -0.3 is 15.0 Å². The minimum absolute atomic E-state index is 0.278. The molecule has 0 spiro atoms. The Bertz CT molecular complexity index is 947. The molecule has 27 heavy (non-hydrogen) atoms. The standard InChI is InChI=1S/C20H22N2O2S.CHN/c1-2-25(24)16-7-8-20(22-10-9-15(23)13-22)17(12-16)19-11-14-5-3-4-6-18(14)21-19;1-2/h3-8,11-12,15,21,23H,2,9-10,13H2,1H3;1H/t15?,25-;/m0./s1. The van der Waals surface area contributed by atoms with E-state index in [1.165, 1.54) is 0 Å². The summed E-state index contributed by atoms with van der Waals surface area (Å²) in [5.41, 5.74) is 4.24. The maximum Gasteiger partial charge on any atom is 0.0731 e. The Morgan fingerprint density at radius 2 is 2.04 bits per heavy atom. The van der Waals surface area contributed by atoms with Gasteiger partial charge in [0.2, 0.25) is 0 Å². The molecular formula is C21H23N3O2S. The van der Waals surface area contributed by atoms with Crippen molar-refractivity contribution in [3.05, 3.63) is 48.5 Å². The average molecular weight is 382 g/mol. The van der Waals surface area contributed by atoms with E-state index >= 15 is 0 Å². The van der Waals surface area contributed by atoms with Crippen LogP contribution in [0.5, 0.6) is 0 Å². The molecule has 0 aliphatic carbocycles. The highest BCUT2D eigenvalue weighted by Gasteiger charge is 2.24. The van der Waals surface area contributed by atoms with Crippen LogP contribution in [0.15, 0.2) is 53.4 Å². The van der Waals surface area contributed by atoms with Gasteiger partial charge in [0.15, 0.2) is 0 Å². The lowest BCUT2D eigenvalue weighted by Crippen LogP contribution is -2.22. The van der Waals surface area contributed by atoms with Crippen molar-refractivity contribution in [2.75, 3.05) is 23.7 Å². The summed E-state index contributed by atoms with van der Waals surface area (Å²) in [6, 6.07) is 16.4. The van der Waals surface area contributed by atoms with Gasteiger partial charge in [-0.25, -0.2) is 5.26 Å². The Kier molecular flexibility index (Phi) is 5.94. The second-order valence-corrected chi connectivity index (χ2v) is 8.21. The highest BCUT2D eigenvalue weighted by Crippen LogP contribution is 2.35. The molecule has 0 bridgehead atoms. The number of aliphatic hydroxyl groups is 1. The maximum atomic E-state index is 12.3. The van der Waals surface area contributed by atoms with E-state index in [9.17, 15) is 9.32 Å². The van der Waals surface area contributed by atoms with Crippen molar-refractivity contribution in [3.63, 3.8) is 0 Å². The molecule has 1 fully saturated rings. The monoisotopic (exact) mass is 381 g/mol. The molecule has 3 aromatic rings. The summed E-state index contributed by atoms with van der Waals surface area (Å²) in [6.45, 7) is 6.91. The van der Waals surface area contributed by atoms with Crippen molar-refractivity contribution in [1.82, 2.24) is 4.98 Å². The van der Waals surface area contributed by atoms with Crippen LogP contribution in [0.3, 0.4) is 0 Å². The van der Waals surface area contributed by atoms with Crippen molar-refractivity contribution >= 4 is 27.4 Å². The van der Waals surface area contributed by atoms with Gasteiger partial charge >= 0.3 is 0 Å². The van der Waals surface area contributed by atoms with Crippen molar-refractivity contribution in [2.24, 2.45) is 0 Å². The van der Waals surface area contributed by atoms with E-state index in [2.05, 4.69) is 34.7 Å². The van der Waals surface area contributed by atoms with E-state index in [-0.39, 0.29) is 6.10 Å². The van der Waals surface area contributed by atoms with Crippen molar-refractivity contribution in [1.29, 1.82) is 5.26 Å². The summed E-state index contributed by atoms with van der Waals surface area (Å²) < 4.78 is 12.3. The Morgan fingerprint density at radius 1 is 1.26 bits per heavy atom. The fraction of sp³-hybridized carbons (Fsp3) is 0.286. The third-order valence-corrected chi connectivity index (χ3v) is 6.12. The number of benzene rings is 2. The van der Waals surface area contributed by atoms with Crippen LogP contribution in [0.2, 0.25) is 0 Å². The molecule has 2 N–H and O–H groups in total. The second-order valence-electron chi connectivity index (χ2n) is 6.47. The molecule has 1 aromatic heterocycles. The number of rotatable bonds is 4. The zero-order valence-electron chi connectivity index (χ0n) is 15.3. The lowest BCUT2D eigenvalue weighted by molar-refractivity contribution is 0.198. The first kappa shape index (κ1) is 19.2. The zero-order valence-corrected chi connectivity index (χ0v) is 16.1. The Hall–Kier alpha value is -2.62. The van der Waals surface area contributed by atoms with Gasteiger partial charge in [0, 0.05) is 58.2 Å². The topological polar surface area (TPSA) is 80.1 Å². The lowest BCUT2D eigenvalue weighted by atomic mass is 10.1. The lowest BCUT2D eigenvalue weighted by Gasteiger charge is -2.22. The van der Waals surface area contributed by atoms with Crippen LogP contribution in [0.4, 0.5) is 5.69 Å². The smallest absolute Gasteiger partial charge is 0.0731 e. The second kappa shape index (κ2) is 8.38. The molecule has 1 unspecified atom stereocenters. The van der Waals surface area contributed by atoms with Crippen LogP contribution in [0.25, 0.3) is 22.2 Å². The van der Waals surface area contributed by atoms with E-state index < -0.39 is 10.8 Å². The average Bonchev–Trinajstić information content (AvgIpc) is 3.34.